The molecule has 0 fully saturated rings. The van der Waals surface area contributed by atoms with Crippen LogP contribution in [0.15, 0.2) is 30.0 Å². The minimum Gasteiger partial charge on any atom is -0.507 e. The predicted molar refractivity (Wildman–Crippen MR) is 69.2 cm³/mol. The molecule has 0 radical (unpaired) electrons. The molecule has 7 nitrogen and oxygen atoms in total. The first-order valence-electron chi connectivity index (χ1n) is 5.74. The van der Waals surface area contributed by atoms with Crippen LogP contribution in [0, 0.1) is 0 Å². The molecule has 1 heterocycles. The van der Waals surface area contributed by atoms with E-state index < -0.39 is 11.9 Å². The van der Waals surface area contributed by atoms with Gasteiger partial charge in [0, 0.05) is 24.4 Å². The molecule has 0 unspecified atom stereocenters. The Kier molecular flexibility index (Phi) is 3.43. The maximum absolute atomic E-state index is 11.5. The SMILES string of the molecule is CC(=O)N1CC(Nc2ccc(O)c(C(=O)O)c2)=CC1=O. The summed E-state index contributed by atoms with van der Waals surface area (Å²) < 4.78 is 0. The summed E-state index contributed by atoms with van der Waals surface area (Å²) in [6.45, 7) is 1.40. The zero-order valence-electron chi connectivity index (χ0n) is 10.6. The average molecular weight is 276 g/mol. The van der Waals surface area contributed by atoms with E-state index in [4.69, 9.17) is 5.11 Å². The Morgan fingerprint density at radius 3 is 2.60 bits per heavy atom. The van der Waals surface area contributed by atoms with Crippen LogP contribution in [-0.2, 0) is 9.59 Å². The number of imide groups is 1. The van der Waals surface area contributed by atoms with Gasteiger partial charge >= 0.3 is 5.97 Å². The van der Waals surface area contributed by atoms with E-state index in [1.807, 2.05) is 0 Å². The van der Waals surface area contributed by atoms with E-state index in [2.05, 4.69) is 5.32 Å². The van der Waals surface area contributed by atoms with Crippen LogP contribution in [0.1, 0.15) is 17.3 Å². The first-order chi connectivity index (χ1) is 9.38. The zero-order chi connectivity index (χ0) is 14.9. The Morgan fingerprint density at radius 2 is 2.05 bits per heavy atom. The molecule has 0 aromatic heterocycles. The van der Waals surface area contributed by atoms with E-state index >= 15 is 0 Å². The predicted octanol–water partition coefficient (Wildman–Crippen LogP) is 0.775. The molecule has 2 amide bonds. The van der Waals surface area contributed by atoms with Crippen molar-refractivity contribution in [2.45, 2.75) is 6.92 Å². The zero-order valence-corrected chi connectivity index (χ0v) is 10.6. The van der Waals surface area contributed by atoms with Crippen LogP contribution in [0.5, 0.6) is 5.75 Å². The first-order valence-corrected chi connectivity index (χ1v) is 5.74. The number of carbonyl (C=O) groups is 3. The Balaban J connectivity index is 2.18. The van der Waals surface area contributed by atoms with Crippen molar-refractivity contribution < 1.29 is 24.6 Å². The van der Waals surface area contributed by atoms with Crippen LogP contribution in [0.2, 0.25) is 0 Å². The van der Waals surface area contributed by atoms with Gasteiger partial charge in [-0.05, 0) is 18.2 Å². The molecule has 1 aliphatic heterocycles. The van der Waals surface area contributed by atoms with Gasteiger partial charge in [-0.2, -0.15) is 0 Å². The van der Waals surface area contributed by atoms with Crippen molar-refractivity contribution in [2.24, 2.45) is 0 Å². The highest BCUT2D eigenvalue weighted by Crippen LogP contribution is 2.23. The highest BCUT2D eigenvalue weighted by molar-refractivity contribution is 6.03. The summed E-state index contributed by atoms with van der Waals surface area (Å²) in [5.41, 5.74) is 0.639. The molecule has 1 aromatic carbocycles. The van der Waals surface area contributed by atoms with Gasteiger partial charge in [-0.15, -0.1) is 0 Å². The van der Waals surface area contributed by atoms with E-state index in [1.54, 1.807) is 0 Å². The van der Waals surface area contributed by atoms with Gasteiger partial charge in [-0.25, -0.2) is 4.79 Å². The minimum absolute atomic E-state index is 0.109. The molecule has 0 atom stereocenters. The van der Waals surface area contributed by atoms with Gasteiger partial charge in [0.1, 0.15) is 11.3 Å². The lowest BCUT2D eigenvalue weighted by Gasteiger charge is -2.13. The number of phenols is 1. The number of benzene rings is 1. The lowest BCUT2D eigenvalue weighted by Crippen LogP contribution is -2.31. The van der Waals surface area contributed by atoms with E-state index in [0.29, 0.717) is 11.4 Å². The van der Waals surface area contributed by atoms with Crippen molar-refractivity contribution in [3.63, 3.8) is 0 Å². The smallest absolute Gasteiger partial charge is 0.339 e. The van der Waals surface area contributed by atoms with Crippen LogP contribution in [-0.4, -0.2) is 39.4 Å². The molecule has 1 aromatic rings. The molecule has 0 saturated heterocycles. The Bertz CT molecular complexity index is 636. The fraction of sp³-hybridized carbons (Fsp3) is 0.154. The maximum atomic E-state index is 11.5. The van der Waals surface area contributed by atoms with Gasteiger partial charge in [0.05, 0.1) is 6.54 Å². The van der Waals surface area contributed by atoms with Gasteiger partial charge in [0.2, 0.25) is 5.91 Å². The molecule has 3 N–H and O–H groups in total. The molecule has 104 valence electrons. The molecule has 0 bridgehead atoms. The van der Waals surface area contributed by atoms with E-state index in [1.165, 1.54) is 31.2 Å². The Morgan fingerprint density at radius 1 is 1.35 bits per heavy atom. The Labute approximate surface area is 114 Å². The van der Waals surface area contributed by atoms with Gasteiger partial charge in [-0.3, -0.25) is 14.5 Å². The number of nitrogens with zero attached hydrogens (tertiary/aromatic N) is 1. The molecule has 0 aliphatic carbocycles. The summed E-state index contributed by atoms with van der Waals surface area (Å²) in [5, 5.41) is 21.1. The summed E-state index contributed by atoms with van der Waals surface area (Å²) in [6, 6.07) is 3.97. The van der Waals surface area contributed by atoms with Crippen LogP contribution in [0.3, 0.4) is 0 Å². The highest BCUT2D eigenvalue weighted by Gasteiger charge is 2.24. The molecular formula is C13H12N2O5. The van der Waals surface area contributed by atoms with E-state index in [9.17, 15) is 19.5 Å². The lowest BCUT2D eigenvalue weighted by molar-refractivity contribution is -0.138. The van der Waals surface area contributed by atoms with Crippen molar-refractivity contribution in [3.8, 4) is 5.75 Å². The first kappa shape index (κ1) is 13.6. The normalized spacial score (nSPS) is 14.2. The van der Waals surface area contributed by atoms with Crippen LogP contribution < -0.4 is 5.32 Å². The summed E-state index contributed by atoms with van der Waals surface area (Å²) in [7, 11) is 0. The van der Waals surface area contributed by atoms with Crippen LogP contribution in [0.25, 0.3) is 0 Å². The fourth-order valence-corrected chi connectivity index (χ4v) is 1.83. The topological polar surface area (TPSA) is 107 Å². The van der Waals surface area contributed by atoms with Gasteiger partial charge < -0.3 is 15.5 Å². The molecule has 7 heteroatoms. The maximum Gasteiger partial charge on any atom is 0.339 e. The summed E-state index contributed by atoms with van der Waals surface area (Å²) in [5.74, 6) is -2.38. The summed E-state index contributed by atoms with van der Waals surface area (Å²) in [6.07, 6.45) is 1.27. The number of hydrogen-bond acceptors (Lipinski definition) is 5. The monoisotopic (exact) mass is 276 g/mol. The standard InChI is InChI=1S/C13H12N2O5/c1-7(16)15-6-9(5-12(15)18)14-8-2-3-11(17)10(4-8)13(19)20/h2-5,14,17H,6H2,1H3,(H,19,20). The van der Waals surface area contributed by atoms with Crippen molar-refractivity contribution in [1.82, 2.24) is 4.90 Å². The third kappa shape index (κ3) is 2.61. The molecule has 20 heavy (non-hydrogen) atoms. The largest absolute Gasteiger partial charge is 0.507 e. The van der Waals surface area contributed by atoms with E-state index in [-0.39, 0.29) is 23.8 Å². The number of carbonyl (C=O) groups excluding carboxylic acids is 2. The second kappa shape index (κ2) is 5.04. The Hall–Kier alpha value is -2.83. The number of aromatic carboxylic acids is 1. The third-order valence-corrected chi connectivity index (χ3v) is 2.80. The second-order valence-corrected chi connectivity index (χ2v) is 4.28. The number of anilines is 1. The highest BCUT2D eigenvalue weighted by atomic mass is 16.4. The number of amides is 2. The minimum atomic E-state index is -1.26. The van der Waals surface area contributed by atoms with Crippen LogP contribution in [0.4, 0.5) is 5.69 Å². The molecular weight excluding hydrogens is 264 g/mol. The number of carboxylic acids is 1. The third-order valence-electron chi connectivity index (χ3n) is 2.80. The van der Waals surface area contributed by atoms with Crippen molar-refractivity contribution >= 4 is 23.5 Å². The van der Waals surface area contributed by atoms with Gasteiger partial charge in [-0.1, -0.05) is 0 Å². The second-order valence-electron chi connectivity index (χ2n) is 4.28. The van der Waals surface area contributed by atoms with Crippen LogP contribution >= 0.6 is 0 Å². The molecule has 2 rings (SSSR count). The molecule has 0 spiro atoms. The molecule has 0 saturated carbocycles. The summed E-state index contributed by atoms with van der Waals surface area (Å²) >= 11 is 0. The average Bonchev–Trinajstić information content (AvgIpc) is 2.72. The lowest BCUT2D eigenvalue weighted by atomic mass is 10.1. The number of rotatable bonds is 3. The number of aromatic hydroxyl groups is 1. The quantitative estimate of drug-likeness (QED) is 0.704. The number of nitrogens with one attached hydrogen (secondary N) is 1. The van der Waals surface area contributed by atoms with Crippen molar-refractivity contribution in [2.75, 3.05) is 11.9 Å². The fourth-order valence-electron chi connectivity index (χ4n) is 1.83. The van der Waals surface area contributed by atoms with Gasteiger partial charge in [0.15, 0.2) is 0 Å². The van der Waals surface area contributed by atoms with Gasteiger partial charge in [0.25, 0.3) is 5.91 Å². The molecule has 1 aliphatic rings. The van der Waals surface area contributed by atoms with Crippen molar-refractivity contribution in [3.05, 3.63) is 35.5 Å². The van der Waals surface area contributed by atoms with E-state index in [0.717, 1.165) is 4.90 Å². The van der Waals surface area contributed by atoms with Crippen molar-refractivity contribution in [1.29, 1.82) is 0 Å². The number of carboxylic acid groups (broad SMARTS) is 1. The summed E-state index contributed by atoms with van der Waals surface area (Å²) in [4.78, 5) is 34.6. The number of hydrogen-bond donors (Lipinski definition) is 3.